The average molecular weight is 222 g/mol. The quantitative estimate of drug-likeness (QED) is 0.694. The molecule has 0 aliphatic rings. The zero-order valence-electron chi connectivity index (χ0n) is 10.7. The van der Waals surface area contributed by atoms with Gasteiger partial charge in [-0.05, 0) is 53.1 Å². The van der Waals surface area contributed by atoms with Crippen molar-refractivity contribution in [2.45, 2.75) is 20.8 Å². The molecular formula is C17H18. The SMILES string of the molecule is C=Cc1ccc(C)c2/c(=C\C)cc/c(=C/C)c12. The van der Waals surface area contributed by atoms with Gasteiger partial charge in [-0.15, -0.1) is 0 Å². The van der Waals surface area contributed by atoms with Gasteiger partial charge in [0.15, 0.2) is 0 Å². The van der Waals surface area contributed by atoms with Crippen LogP contribution in [-0.2, 0) is 0 Å². The molecule has 2 aromatic rings. The number of fused-ring (bicyclic) bond motifs is 1. The largest absolute Gasteiger partial charge is 0.0984 e. The molecule has 0 fully saturated rings. The van der Waals surface area contributed by atoms with Gasteiger partial charge in [0.05, 0.1) is 0 Å². The lowest BCUT2D eigenvalue weighted by Crippen LogP contribution is -2.13. The fourth-order valence-electron chi connectivity index (χ4n) is 2.40. The molecule has 0 heterocycles. The first kappa shape index (κ1) is 11.7. The lowest BCUT2D eigenvalue weighted by molar-refractivity contribution is 1.48. The van der Waals surface area contributed by atoms with Gasteiger partial charge in [0, 0.05) is 0 Å². The molecule has 0 aliphatic carbocycles. The standard InChI is InChI=1S/C17H18/c1-5-13-10-11-15(7-3)17-14(6-2)9-8-12(4)16(13)17/h5-11H,2H2,1,3-4H3/b13-5-,15-7-. The van der Waals surface area contributed by atoms with Crippen LogP contribution in [0, 0.1) is 6.92 Å². The summed E-state index contributed by atoms with van der Waals surface area (Å²) in [6.45, 7) is 10.3. The van der Waals surface area contributed by atoms with Gasteiger partial charge in [-0.25, -0.2) is 0 Å². The van der Waals surface area contributed by atoms with E-state index in [1.165, 1.54) is 32.3 Å². The third-order valence-electron chi connectivity index (χ3n) is 3.31. The van der Waals surface area contributed by atoms with Gasteiger partial charge in [0.2, 0.25) is 0 Å². The Morgan fingerprint density at radius 1 is 0.882 bits per heavy atom. The third-order valence-corrected chi connectivity index (χ3v) is 3.31. The van der Waals surface area contributed by atoms with Crippen molar-refractivity contribution in [1.82, 2.24) is 0 Å². The van der Waals surface area contributed by atoms with Gasteiger partial charge >= 0.3 is 0 Å². The van der Waals surface area contributed by atoms with Crippen LogP contribution in [-0.4, -0.2) is 0 Å². The van der Waals surface area contributed by atoms with Gasteiger partial charge in [-0.1, -0.05) is 49.1 Å². The lowest BCUT2D eigenvalue weighted by Gasteiger charge is -2.08. The Bertz CT molecular complexity index is 688. The summed E-state index contributed by atoms with van der Waals surface area (Å²) in [5.74, 6) is 0. The average Bonchev–Trinajstić information content (AvgIpc) is 2.38. The van der Waals surface area contributed by atoms with Crippen LogP contribution in [0.1, 0.15) is 25.0 Å². The first-order valence-corrected chi connectivity index (χ1v) is 6.00. The highest BCUT2D eigenvalue weighted by Gasteiger charge is 2.03. The van der Waals surface area contributed by atoms with Gasteiger partial charge in [0.25, 0.3) is 0 Å². The Morgan fingerprint density at radius 3 is 2.00 bits per heavy atom. The van der Waals surface area contributed by atoms with Gasteiger partial charge in [0.1, 0.15) is 0 Å². The van der Waals surface area contributed by atoms with E-state index in [-0.39, 0.29) is 0 Å². The number of hydrogen-bond acceptors (Lipinski definition) is 0. The maximum atomic E-state index is 3.92. The van der Waals surface area contributed by atoms with Crippen LogP contribution in [0.15, 0.2) is 30.8 Å². The van der Waals surface area contributed by atoms with Gasteiger partial charge in [-0.2, -0.15) is 0 Å². The van der Waals surface area contributed by atoms with E-state index in [0.717, 1.165) is 0 Å². The van der Waals surface area contributed by atoms with Gasteiger partial charge in [-0.3, -0.25) is 0 Å². The minimum atomic E-state index is 1.21. The first-order valence-electron chi connectivity index (χ1n) is 6.00. The fraction of sp³-hybridized carbons (Fsp3) is 0.176. The molecule has 0 bridgehead atoms. The van der Waals surface area contributed by atoms with Crippen molar-refractivity contribution >= 4 is 29.0 Å². The highest BCUT2D eigenvalue weighted by molar-refractivity contribution is 5.94. The number of aryl methyl sites for hydroxylation is 1. The number of benzene rings is 2. The molecular weight excluding hydrogens is 204 g/mol. The molecule has 0 radical (unpaired) electrons. The molecule has 0 saturated carbocycles. The molecule has 17 heavy (non-hydrogen) atoms. The van der Waals surface area contributed by atoms with Crippen LogP contribution < -0.4 is 10.4 Å². The van der Waals surface area contributed by atoms with E-state index >= 15 is 0 Å². The summed E-state index contributed by atoms with van der Waals surface area (Å²) in [6, 6.07) is 8.70. The minimum absolute atomic E-state index is 1.21. The number of hydrogen-bond donors (Lipinski definition) is 0. The fourth-order valence-corrected chi connectivity index (χ4v) is 2.40. The topological polar surface area (TPSA) is 0 Å². The number of rotatable bonds is 1. The van der Waals surface area contributed by atoms with E-state index in [1.54, 1.807) is 0 Å². The predicted molar refractivity (Wildman–Crippen MR) is 78.3 cm³/mol. The molecule has 0 N–H and O–H groups in total. The minimum Gasteiger partial charge on any atom is -0.0984 e. The normalized spacial score (nSPS) is 13.4. The van der Waals surface area contributed by atoms with Crippen molar-refractivity contribution in [2.75, 3.05) is 0 Å². The Morgan fingerprint density at radius 2 is 1.47 bits per heavy atom. The molecule has 2 rings (SSSR count). The first-order chi connectivity index (χ1) is 8.22. The van der Waals surface area contributed by atoms with E-state index in [1.807, 2.05) is 6.08 Å². The molecule has 0 atom stereocenters. The molecule has 0 saturated heterocycles. The Balaban J connectivity index is 3.22. The van der Waals surface area contributed by atoms with E-state index in [2.05, 4.69) is 63.8 Å². The van der Waals surface area contributed by atoms with Crippen molar-refractivity contribution in [2.24, 2.45) is 0 Å². The summed E-state index contributed by atoms with van der Waals surface area (Å²) in [5.41, 5.74) is 2.53. The molecule has 0 spiro atoms. The summed E-state index contributed by atoms with van der Waals surface area (Å²) < 4.78 is 0. The molecule has 0 amide bonds. The second kappa shape index (κ2) is 4.58. The van der Waals surface area contributed by atoms with Crippen molar-refractivity contribution < 1.29 is 0 Å². The Labute approximate surface area is 103 Å². The van der Waals surface area contributed by atoms with E-state index in [4.69, 9.17) is 0 Å². The third kappa shape index (κ3) is 1.80. The van der Waals surface area contributed by atoms with Gasteiger partial charge < -0.3 is 0 Å². The second-order valence-corrected chi connectivity index (χ2v) is 4.25. The maximum absolute atomic E-state index is 3.92. The van der Waals surface area contributed by atoms with E-state index in [0.29, 0.717) is 0 Å². The van der Waals surface area contributed by atoms with Crippen molar-refractivity contribution in [3.8, 4) is 0 Å². The Kier molecular flexibility index (Phi) is 3.14. The molecule has 86 valence electrons. The molecule has 0 aromatic heterocycles. The second-order valence-electron chi connectivity index (χ2n) is 4.25. The zero-order chi connectivity index (χ0) is 12.4. The molecule has 2 aromatic carbocycles. The zero-order valence-corrected chi connectivity index (χ0v) is 10.7. The van der Waals surface area contributed by atoms with Crippen molar-refractivity contribution in [3.05, 3.63) is 52.4 Å². The predicted octanol–water partition coefficient (Wildman–Crippen LogP) is 3.39. The monoisotopic (exact) mass is 222 g/mol. The maximum Gasteiger partial charge on any atom is -0.00338 e. The van der Waals surface area contributed by atoms with E-state index in [9.17, 15) is 0 Å². The van der Waals surface area contributed by atoms with E-state index < -0.39 is 0 Å². The molecule has 0 heteroatoms. The highest BCUT2D eigenvalue weighted by Crippen LogP contribution is 2.17. The summed E-state index contributed by atoms with van der Waals surface area (Å²) in [5, 5.41) is 5.25. The Hall–Kier alpha value is -1.82. The van der Waals surface area contributed by atoms with Crippen LogP contribution in [0.5, 0.6) is 0 Å². The summed E-state index contributed by atoms with van der Waals surface area (Å²) in [4.78, 5) is 0. The lowest BCUT2D eigenvalue weighted by atomic mass is 9.96. The summed E-state index contributed by atoms with van der Waals surface area (Å²) in [6.07, 6.45) is 6.27. The molecule has 0 aliphatic heterocycles. The van der Waals surface area contributed by atoms with Crippen LogP contribution in [0.2, 0.25) is 0 Å². The summed E-state index contributed by atoms with van der Waals surface area (Å²) >= 11 is 0. The smallest absolute Gasteiger partial charge is 0.00338 e. The van der Waals surface area contributed by atoms with Crippen LogP contribution in [0.3, 0.4) is 0 Å². The molecule has 0 nitrogen and oxygen atoms in total. The highest BCUT2D eigenvalue weighted by atomic mass is 14.1. The summed E-state index contributed by atoms with van der Waals surface area (Å²) in [7, 11) is 0. The van der Waals surface area contributed by atoms with Crippen molar-refractivity contribution in [1.29, 1.82) is 0 Å². The molecule has 0 unspecified atom stereocenters. The van der Waals surface area contributed by atoms with Crippen molar-refractivity contribution in [3.63, 3.8) is 0 Å². The van der Waals surface area contributed by atoms with Crippen LogP contribution >= 0.6 is 0 Å². The van der Waals surface area contributed by atoms with Crippen LogP contribution in [0.4, 0.5) is 0 Å². The van der Waals surface area contributed by atoms with Crippen LogP contribution in [0.25, 0.3) is 29.0 Å².